The zero-order valence-corrected chi connectivity index (χ0v) is 11.4. The summed E-state index contributed by atoms with van der Waals surface area (Å²) in [4.78, 5) is 16.1. The molecule has 1 saturated carbocycles. The monoisotopic (exact) mass is 275 g/mol. The first-order valence-corrected chi connectivity index (χ1v) is 6.93. The molecule has 1 N–H and O–H groups in total. The zero-order chi connectivity index (χ0) is 14.1. The number of fused-ring (bicyclic) bond motifs is 1. The van der Waals surface area contributed by atoms with Crippen molar-refractivity contribution in [3.63, 3.8) is 0 Å². The maximum atomic E-state index is 11.6. The van der Waals surface area contributed by atoms with Gasteiger partial charge in [-0.3, -0.25) is 0 Å². The quantitative estimate of drug-likeness (QED) is 0.863. The van der Waals surface area contributed by atoms with E-state index >= 15 is 0 Å². The molecule has 106 valence electrons. The van der Waals surface area contributed by atoms with Crippen LogP contribution in [0, 0.1) is 5.92 Å². The van der Waals surface area contributed by atoms with Crippen LogP contribution in [0.3, 0.4) is 0 Å². The number of nitrogens with zero attached hydrogens (tertiary/aromatic N) is 3. The minimum Gasteiger partial charge on any atom is -0.493 e. The number of carbonyl (C=O) groups is 1. The highest BCUT2D eigenvalue weighted by Crippen LogP contribution is 2.30. The second-order valence-corrected chi connectivity index (χ2v) is 5.13. The summed E-state index contributed by atoms with van der Waals surface area (Å²) in [5.74, 6) is 0.162. The molecule has 2 aromatic rings. The average molecular weight is 275 g/mol. The van der Waals surface area contributed by atoms with Crippen molar-refractivity contribution in [2.75, 3.05) is 6.61 Å². The molecule has 0 atom stereocenters. The maximum absolute atomic E-state index is 11.6. The molecular weight excluding hydrogens is 258 g/mol. The standard InChI is InChI=1S/C14H17N3O3/c1-2-20-14(19)11-8-12-15-10(6-9-4-3-5-9)7-13(18)17(12)16-11/h7-9,18H,2-6H2,1H3. The lowest BCUT2D eigenvalue weighted by atomic mass is 9.82. The van der Waals surface area contributed by atoms with Gasteiger partial charge in [-0.1, -0.05) is 19.3 Å². The topological polar surface area (TPSA) is 76.7 Å². The fourth-order valence-electron chi connectivity index (χ4n) is 2.41. The van der Waals surface area contributed by atoms with E-state index < -0.39 is 5.97 Å². The molecule has 0 aromatic carbocycles. The van der Waals surface area contributed by atoms with Gasteiger partial charge in [0.2, 0.25) is 5.88 Å². The number of aromatic nitrogens is 3. The Balaban J connectivity index is 1.91. The summed E-state index contributed by atoms with van der Waals surface area (Å²) in [5.41, 5.74) is 1.48. The van der Waals surface area contributed by atoms with Crippen LogP contribution in [0.4, 0.5) is 0 Å². The third-order valence-corrected chi connectivity index (χ3v) is 3.67. The van der Waals surface area contributed by atoms with Crippen molar-refractivity contribution in [1.82, 2.24) is 14.6 Å². The van der Waals surface area contributed by atoms with E-state index in [9.17, 15) is 9.90 Å². The van der Waals surface area contributed by atoms with E-state index in [1.807, 2.05) is 0 Å². The normalized spacial score (nSPS) is 15.2. The van der Waals surface area contributed by atoms with Crippen LogP contribution in [0.2, 0.25) is 0 Å². The Kier molecular flexibility index (Phi) is 3.30. The van der Waals surface area contributed by atoms with Crippen molar-refractivity contribution in [2.45, 2.75) is 32.6 Å². The molecule has 6 heteroatoms. The number of hydrogen-bond acceptors (Lipinski definition) is 5. The molecule has 20 heavy (non-hydrogen) atoms. The van der Waals surface area contributed by atoms with Crippen LogP contribution < -0.4 is 0 Å². The SMILES string of the molecule is CCOC(=O)c1cc2nc(CC3CCC3)cc(O)n2n1. The summed E-state index contributed by atoms with van der Waals surface area (Å²) >= 11 is 0. The van der Waals surface area contributed by atoms with Gasteiger partial charge in [-0.25, -0.2) is 9.78 Å². The predicted molar refractivity (Wildman–Crippen MR) is 71.7 cm³/mol. The Morgan fingerprint density at radius 1 is 1.50 bits per heavy atom. The van der Waals surface area contributed by atoms with Crippen molar-refractivity contribution in [3.8, 4) is 5.88 Å². The molecule has 1 aliphatic rings. The summed E-state index contributed by atoms with van der Waals surface area (Å²) in [5, 5.41) is 14.0. The third kappa shape index (κ3) is 2.33. The molecule has 0 unspecified atom stereocenters. The molecule has 2 heterocycles. The first kappa shape index (κ1) is 12.9. The van der Waals surface area contributed by atoms with Crippen LogP contribution in [0.15, 0.2) is 12.1 Å². The number of esters is 1. The van der Waals surface area contributed by atoms with Crippen molar-refractivity contribution in [1.29, 1.82) is 0 Å². The molecule has 0 aliphatic heterocycles. The summed E-state index contributed by atoms with van der Waals surface area (Å²) < 4.78 is 6.15. The lowest BCUT2D eigenvalue weighted by Crippen LogP contribution is -2.14. The van der Waals surface area contributed by atoms with Gasteiger partial charge in [0.15, 0.2) is 11.3 Å². The van der Waals surface area contributed by atoms with Crippen molar-refractivity contribution in [3.05, 3.63) is 23.5 Å². The van der Waals surface area contributed by atoms with E-state index in [0.29, 0.717) is 18.2 Å². The van der Waals surface area contributed by atoms with E-state index in [1.165, 1.54) is 23.8 Å². The van der Waals surface area contributed by atoms with Crippen molar-refractivity contribution < 1.29 is 14.6 Å². The zero-order valence-electron chi connectivity index (χ0n) is 11.4. The van der Waals surface area contributed by atoms with E-state index in [1.54, 1.807) is 19.1 Å². The summed E-state index contributed by atoms with van der Waals surface area (Å²) in [6, 6.07) is 3.16. The molecule has 0 amide bonds. The van der Waals surface area contributed by atoms with Crippen LogP contribution in [0.25, 0.3) is 5.65 Å². The van der Waals surface area contributed by atoms with Gasteiger partial charge in [0, 0.05) is 17.8 Å². The van der Waals surface area contributed by atoms with Crippen LogP contribution in [-0.2, 0) is 11.2 Å². The van der Waals surface area contributed by atoms with Gasteiger partial charge in [0.25, 0.3) is 0 Å². The van der Waals surface area contributed by atoms with Gasteiger partial charge < -0.3 is 9.84 Å². The molecule has 0 radical (unpaired) electrons. The second-order valence-electron chi connectivity index (χ2n) is 5.13. The Labute approximate surface area is 116 Å². The highest BCUT2D eigenvalue weighted by molar-refractivity contribution is 5.88. The van der Waals surface area contributed by atoms with E-state index in [2.05, 4.69) is 10.1 Å². The Morgan fingerprint density at radius 3 is 2.95 bits per heavy atom. The summed E-state index contributed by atoms with van der Waals surface area (Å²) in [6.07, 6.45) is 4.59. The average Bonchev–Trinajstić information content (AvgIpc) is 2.79. The number of ether oxygens (including phenoxy) is 1. The number of rotatable bonds is 4. The molecule has 1 fully saturated rings. The van der Waals surface area contributed by atoms with Gasteiger partial charge in [0.1, 0.15) is 0 Å². The highest BCUT2D eigenvalue weighted by Gasteiger charge is 2.20. The van der Waals surface area contributed by atoms with Gasteiger partial charge in [-0.05, 0) is 19.3 Å². The van der Waals surface area contributed by atoms with Gasteiger partial charge >= 0.3 is 5.97 Å². The molecule has 2 aromatic heterocycles. The first-order chi connectivity index (χ1) is 9.67. The molecule has 3 rings (SSSR count). The smallest absolute Gasteiger partial charge is 0.358 e. The van der Waals surface area contributed by atoms with E-state index in [4.69, 9.17) is 4.74 Å². The van der Waals surface area contributed by atoms with E-state index in [0.717, 1.165) is 12.1 Å². The summed E-state index contributed by atoms with van der Waals surface area (Å²) in [6.45, 7) is 2.03. The molecule has 0 saturated heterocycles. The second kappa shape index (κ2) is 5.11. The van der Waals surface area contributed by atoms with Crippen molar-refractivity contribution in [2.24, 2.45) is 5.92 Å². The molecule has 0 bridgehead atoms. The molecular formula is C14H17N3O3. The molecule has 6 nitrogen and oxygen atoms in total. The van der Waals surface area contributed by atoms with Crippen LogP contribution in [0.5, 0.6) is 5.88 Å². The van der Waals surface area contributed by atoms with E-state index in [-0.39, 0.29) is 11.6 Å². The lowest BCUT2D eigenvalue weighted by Gasteiger charge is -2.24. The van der Waals surface area contributed by atoms with Crippen LogP contribution in [-0.4, -0.2) is 32.3 Å². The Morgan fingerprint density at radius 2 is 2.30 bits per heavy atom. The minimum atomic E-state index is -0.502. The first-order valence-electron chi connectivity index (χ1n) is 6.93. The lowest BCUT2D eigenvalue weighted by molar-refractivity contribution is 0.0519. The largest absolute Gasteiger partial charge is 0.493 e. The van der Waals surface area contributed by atoms with Gasteiger partial charge in [-0.2, -0.15) is 9.61 Å². The summed E-state index contributed by atoms with van der Waals surface area (Å²) in [7, 11) is 0. The minimum absolute atomic E-state index is 0.000119. The number of aromatic hydroxyl groups is 1. The fraction of sp³-hybridized carbons (Fsp3) is 0.500. The highest BCUT2D eigenvalue weighted by atomic mass is 16.5. The third-order valence-electron chi connectivity index (χ3n) is 3.67. The maximum Gasteiger partial charge on any atom is 0.358 e. The van der Waals surface area contributed by atoms with Crippen LogP contribution >= 0.6 is 0 Å². The fourth-order valence-corrected chi connectivity index (χ4v) is 2.41. The molecule has 1 aliphatic carbocycles. The van der Waals surface area contributed by atoms with Crippen molar-refractivity contribution >= 4 is 11.6 Å². The Bertz CT molecular complexity index is 646. The number of hydrogen-bond donors (Lipinski definition) is 1. The Hall–Kier alpha value is -2.11. The van der Waals surface area contributed by atoms with Gasteiger partial charge in [0.05, 0.1) is 6.61 Å². The van der Waals surface area contributed by atoms with Gasteiger partial charge in [-0.15, -0.1) is 0 Å². The molecule has 0 spiro atoms. The predicted octanol–water partition coefficient (Wildman–Crippen LogP) is 1.95. The number of carbonyl (C=O) groups excluding carboxylic acids is 1. The van der Waals surface area contributed by atoms with Crippen LogP contribution in [0.1, 0.15) is 42.4 Å².